The number of nitrogens with zero attached hydrogens (tertiary/aromatic N) is 3. The maximum Gasteiger partial charge on any atom is 0.150 e. The molecule has 0 N–H and O–H groups in total. The van der Waals surface area contributed by atoms with E-state index in [1.165, 1.54) is 6.33 Å². The second-order valence-electron chi connectivity index (χ2n) is 5.06. The van der Waals surface area contributed by atoms with Crippen LogP contribution in [0.4, 0.5) is 0 Å². The Morgan fingerprint density at radius 1 is 1.20 bits per heavy atom. The average molecular weight is 271 g/mol. The highest BCUT2D eigenvalue weighted by molar-refractivity contribution is 5.91. The van der Waals surface area contributed by atoms with E-state index in [9.17, 15) is 4.79 Å². The minimum absolute atomic E-state index is 0.213. The number of rotatable bonds is 6. The Kier molecular flexibility index (Phi) is 4.32. The van der Waals surface area contributed by atoms with E-state index >= 15 is 0 Å². The first-order chi connectivity index (χ1) is 9.64. The molecule has 0 aliphatic carbocycles. The Morgan fingerprint density at radius 2 is 1.85 bits per heavy atom. The summed E-state index contributed by atoms with van der Waals surface area (Å²) in [6.07, 6.45) is 3.41. The second-order valence-corrected chi connectivity index (χ2v) is 5.06. The van der Waals surface area contributed by atoms with Crippen LogP contribution in [0.5, 0.6) is 0 Å². The van der Waals surface area contributed by atoms with Crippen LogP contribution in [-0.4, -0.2) is 20.5 Å². The van der Waals surface area contributed by atoms with E-state index in [1.54, 1.807) is 4.68 Å². The van der Waals surface area contributed by atoms with E-state index in [0.29, 0.717) is 6.42 Å². The highest BCUT2D eigenvalue weighted by atomic mass is 16.1. The first kappa shape index (κ1) is 14.4. The predicted molar refractivity (Wildman–Crippen MR) is 78.4 cm³/mol. The summed E-state index contributed by atoms with van der Waals surface area (Å²) in [7, 11) is 1.82. The van der Waals surface area contributed by atoms with Crippen LogP contribution < -0.4 is 0 Å². The molecule has 0 bridgehead atoms. The first-order valence-electron chi connectivity index (χ1n) is 7.05. The molecule has 0 radical (unpaired) electrons. The molecule has 2 aromatic rings. The van der Waals surface area contributed by atoms with Crippen LogP contribution in [0.15, 0.2) is 36.7 Å². The fraction of sp³-hybridized carbons (Fsp3) is 0.438. The normalized spacial score (nSPS) is 11.6. The van der Waals surface area contributed by atoms with Crippen LogP contribution in [0.25, 0.3) is 0 Å². The van der Waals surface area contributed by atoms with Crippen molar-refractivity contribution in [3.05, 3.63) is 48.0 Å². The summed E-state index contributed by atoms with van der Waals surface area (Å²) >= 11 is 0. The van der Waals surface area contributed by atoms with Crippen molar-refractivity contribution in [1.29, 1.82) is 0 Å². The smallest absolute Gasteiger partial charge is 0.150 e. The van der Waals surface area contributed by atoms with Crippen LogP contribution >= 0.6 is 0 Å². The van der Waals surface area contributed by atoms with Gasteiger partial charge in [0.15, 0.2) is 5.78 Å². The van der Waals surface area contributed by atoms with Gasteiger partial charge in [0.25, 0.3) is 0 Å². The average Bonchev–Trinajstić information content (AvgIpc) is 2.87. The van der Waals surface area contributed by atoms with Gasteiger partial charge in [-0.1, -0.05) is 44.2 Å². The standard InChI is InChI=1S/C16H21N3O/c1-4-16(5-2,13-9-7-6-8-10-13)14(20)11-15-17-12-18-19(15)3/h6-10,12H,4-5,11H2,1-3H3. The fourth-order valence-electron chi connectivity index (χ4n) is 2.76. The van der Waals surface area contributed by atoms with Crippen molar-refractivity contribution in [2.45, 2.75) is 38.5 Å². The molecule has 0 unspecified atom stereocenters. The van der Waals surface area contributed by atoms with Gasteiger partial charge >= 0.3 is 0 Å². The van der Waals surface area contributed by atoms with Gasteiger partial charge < -0.3 is 0 Å². The van der Waals surface area contributed by atoms with Gasteiger partial charge in [-0.3, -0.25) is 9.48 Å². The van der Waals surface area contributed by atoms with Crippen molar-refractivity contribution >= 4 is 5.78 Å². The Balaban J connectivity index is 2.33. The lowest BCUT2D eigenvalue weighted by Gasteiger charge is -2.30. The topological polar surface area (TPSA) is 47.8 Å². The van der Waals surface area contributed by atoms with Gasteiger partial charge in [-0.05, 0) is 18.4 Å². The number of ketones is 1. The van der Waals surface area contributed by atoms with Crippen LogP contribution in [0, 0.1) is 0 Å². The van der Waals surface area contributed by atoms with Crippen LogP contribution in [0.2, 0.25) is 0 Å². The molecule has 0 aliphatic rings. The van der Waals surface area contributed by atoms with E-state index < -0.39 is 5.41 Å². The number of benzene rings is 1. The van der Waals surface area contributed by atoms with E-state index in [4.69, 9.17) is 0 Å². The van der Waals surface area contributed by atoms with Crippen molar-refractivity contribution in [2.75, 3.05) is 0 Å². The van der Waals surface area contributed by atoms with Gasteiger partial charge in [0.1, 0.15) is 12.2 Å². The number of aryl methyl sites for hydroxylation is 1. The highest BCUT2D eigenvalue weighted by Gasteiger charge is 2.36. The SMILES string of the molecule is CCC(CC)(C(=O)Cc1ncnn1C)c1ccccc1. The highest BCUT2D eigenvalue weighted by Crippen LogP contribution is 2.33. The lowest BCUT2D eigenvalue weighted by atomic mass is 9.71. The Bertz CT molecular complexity index is 570. The van der Waals surface area contributed by atoms with Crippen molar-refractivity contribution < 1.29 is 4.79 Å². The molecule has 1 heterocycles. The zero-order chi connectivity index (χ0) is 14.6. The molecule has 0 fully saturated rings. The summed E-state index contributed by atoms with van der Waals surface area (Å²) in [5.41, 5.74) is 0.671. The van der Waals surface area contributed by atoms with Crippen molar-refractivity contribution in [3.8, 4) is 0 Å². The Morgan fingerprint density at radius 3 is 2.35 bits per heavy atom. The van der Waals surface area contributed by atoms with E-state index in [1.807, 2.05) is 37.4 Å². The van der Waals surface area contributed by atoms with E-state index in [2.05, 4.69) is 23.9 Å². The van der Waals surface area contributed by atoms with Gasteiger partial charge in [0, 0.05) is 7.05 Å². The third kappa shape index (κ3) is 2.50. The molecule has 0 saturated heterocycles. The zero-order valence-electron chi connectivity index (χ0n) is 12.3. The largest absolute Gasteiger partial charge is 0.298 e. The molecule has 4 heteroatoms. The van der Waals surface area contributed by atoms with Crippen LogP contribution in [0.3, 0.4) is 0 Å². The third-order valence-corrected chi connectivity index (χ3v) is 4.19. The predicted octanol–water partition coefficient (Wildman–Crippen LogP) is 2.68. The van der Waals surface area contributed by atoms with Crippen molar-refractivity contribution in [3.63, 3.8) is 0 Å². The zero-order valence-corrected chi connectivity index (χ0v) is 12.3. The van der Waals surface area contributed by atoms with Crippen molar-refractivity contribution in [1.82, 2.24) is 14.8 Å². The molecule has 0 aliphatic heterocycles. The molecule has 0 spiro atoms. The number of Topliss-reactive ketones (excluding diaryl/α,β-unsaturated/α-hetero) is 1. The molecule has 1 aromatic carbocycles. The first-order valence-corrected chi connectivity index (χ1v) is 7.05. The minimum atomic E-state index is -0.423. The van der Waals surface area contributed by atoms with Gasteiger partial charge in [0.05, 0.1) is 11.8 Å². The molecule has 0 atom stereocenters. The van der Waals surface area contributed by atoms with Gasteiger partial charge in [-0.2, -0.15) is 5.10 Å². The number of hydrogen-bond acceptors (Lipinski definition) is 3. The molecule has 20 heavy (non-hydrogen) atoms. The lowest BCUT2D eigenvalue weighted by molar-refractivity contribution is -0.124. The molecular formula is C16H21N3O. The number of carbonyl (C=O) groups is 1. The maximum absolute atomic E-state index is 12.9. The summed E-state index contributed by atoms with van der Waals surface area (Å²) in [5, 5.41) is 4.03. The molecular weight excluding hydrogens is 250 g/mol. The summed E-state index contributed by atoms with van der Waals surface area (Å²) in [6.45, 7) is 4.15. The summed E-state index contributed by atoms with van der Waals surface area (Å²) in [4.78, 5) is 17.0. The summed E-state index contributed by atoms with van der Waals surface area (Å²) in [6, 6.07) is 10.0. The monoisotopic (exact) mass is 271 g/mol. The van der Waals surface area contributed by atoms with Gasteiger partial charge in [-0.15, -0.1) is 0 Å². The minimum Gasteiger partial charge on any atom is -0.298 e. The van der Waals surface area contributed by atoms with Gasteiger partial charge in [0.2, 0.25) is 0 Å². The molecule has 2 rings (SSSR count). The van der Waals surface area contributed by atoms with E-state index in [0.717, 1.165) is 24.2 Å². The number of carbonyl (C=O) groups excluding carboxylic acids is 1. The number of aromatic nitrogens is 3. The molecule has 106 valence electrons. The molecule has 1 aromatic heterocycles. The Hall–Kier alpha value is -1.97. The molecule has 0 saturated carbocycles. The van der Waals surface area contributed by atoms with E-state index in [-0.39, 0.29) is 5.78 Å². The number of hydrogen-bond donors (Lipinski definition) is 0. The molecule has 4 nitrogen and oxygen atoms in total. The quantitative estimate of drug-likeness (QED) is 0.811. The maximum atomic E-state index is 12.9. The second kappa shape index (κ2) is 5.99. The van der Waals surface area contributed by atoms with Crippen LogP contribution in [0.1, 0.15) is 38.1 Å². The molecule has 0 amide bonds. The van der Waals surface area contributed by atoms with Gasteiger partial charge in [-0.25, -0.2) is 4.98 Å². The van der Waals surface area contributed by atoms with Crippen LogP contribution in [-0.2, 0) is 23.7 Å². The fourth-order valence-corrected chi connectivity index (χ4v) is 2.76. The lowest BCUT2D eigenvalue weighted by Crippen LogP contribution is -2.36. The third-order valence-electron chi connectivity index (χ3n) is 4.19. The summed E-state index contributed by atoms with van der Waals surface area (Å²) < 4.78 is 1.67. The van der Waals surface area contributed by atoms with Crippen molar-refractivity contribution in [2.24, 2.45) is 7.05 Å². The summed E-state index contributed by atoms with van der Waals surface area (Å²) in [5.74, 6) is 0.932. The Labute approximate surface area is 119 Å².